The fourth-order valence-corrected chi connectivity index (χ4v) is 3.19. The van der Waals surface area contributed by atoms with Crippen molar-refractivity contribution in [3.63, 3.8) is 0 Å². The highest BCUT2D eigenvalue weighted by atomic mass is 16.5. The second-order valence-electron chi connectivity index (χ2n) is 6.07. The van der Waals surface area contributed by atoms with Gasteiger partial charge < -0.3 is 24.6 Å². The van der Waals surface area contributed by atoms with Crippen LogP contribution in [0, 0.1) is 0 Å². The van der Waals surface area contributed by atoms with E-state index >= 15 is 0 Å². The van der Waals surface area contributed by atoms with E-state index < -0.39 is 6.04 Å². The maximum Gasteiger partial charge on any atom is 0.256 e. The third kappa shape index (κ3) is 2.50. The second-order valence-corrected chi connectivity index (χ2v) is 6.07. The molecule has 0 radical (unpaired) electrons. The lowest BCUT2D eigenvalue weighted by atomic mass is 10.1. The van der Waals surface area contributed by atoms with Crippen LogP contribution in [-0.4, -0.2) is 68.6 Å². The Kier molecular flexibility index (Phi) is 3.89. The summed E-state index contributed by atoms with van der Waals surface area (Å²) in [4.78, 5) is 29.1. The number of methoxy groups -OCH3 is 2. The molecule has 1 saturated heterocycles. The zero-order valence-electron chi connectivity index (χ0n) is 13.8. The van der Waals surface area contributed by atoms with Crippen molar-refractivity contribution in [3.8, 4) is 11.5 Å². The average molecular weight is 319 g/mol. The summed E-state index contributed by atoms with van der Waals surface area (Å²) in [5.74, 6) is 0.630. The number of hydrogen-bond acceptors (Lipinski definition) is 5. The molecule has 1 aromatic carbocycles. The first-order chi connectivity index (χ1) is 11.0. The van der Waals surface area contributed by atoms with Gasteiger partial charge in [0.2, 0.25) is 5.91 Å². The van der Waals surface area contributed by atoms with Crippen molar-refractivity contribution < 1.29 is 19.1 Å². The van der Waals surface area contributed by atoms with Crippen molar-refractivity contribution >= 4 is 17.5 Å². The predicted molar refractivity (Wildman–Crippen MR) is 85.1 cm³/mol. The summed E-state index contributed by atoms with van der Waals surface area (Å²) >= 11 is 0. The molecule has 0 aliphatic carbocycles. The molecule has 0 spiro atoms. The zero-order valence-corrected chi connectivity index (χ0v) is 13.8. The number of rotatable bonds is 3. The van der Waals surface area contributed by atoms with Crippen molar-refractivity contribution in [3.05, 3.63) is 17.7 Å². The molecule has 1 fully saturated rings. The third-order valence-corrected chi connectivity index (χ3v) is 4.58. The summed E-state index contributed by atoms with van der Waals surface area (Å²) in [6.07, 6.45) is 0.632. The van der Waals surface area contributed by atoms with Crippen LogP contribution in [-0.2, 0) is 4.79 Å². The summed E-state index contributed by atoms with van der Waals surface area (Å²) in [5, 5.41) is 2.85. The van der Waals surface area contributed by atoms with Crippen molar-refractivity contribution in [2.45, 2.75) is 18.5 Å². The fraction of sp³-hybridized carbons (Fsp3) is 0.500. The van der Waals surface area contributed by atoms with Gasteiger partial charge in [0, 0.05) is 18.7 Å². The Morgan fingerprint density at radius 3 is 2.43 bits per heavy atom. The first kappa shape index (κ1) is 15.6. The number of likely N-dealkylation sites (N-methyl/N-ethyl adjacent to an activating group) is 1. The van der Waals surface area contributed by atoms with E-state index in [2.05, 4.69) is 5.32 Å². The summed E-state index contributed by atoms with van der Waals surface area (Å²) < 4.78 is 10.5. The minimum atomic E-state index is -0.445. The lowest BCUT2D eigenvalue weighted by molar-refractivity contribution is -0.119. The van der Waals surface area contributed by atoms with E-state index in [9.17, 15) is 9.59 Å². The van der Waals surface area contributed by atoms with Gasteiger partial charge in [-0.2, -0.15) is 0 Å². The minimum Gasteiger partial charge on any atom is -0.493 e. The number of hydrogen-bond donors (Lipinski definition) is 1. The molecule has 7 heteroatoms. The Balaban J connectivity index is 2.04. The molecule has 0 saturated carbocycles. The predicted octanol–water partition coefficient (Wildman–Crippen LogP) is 0.801. The van der Waals surface area contributed by atoms with Crippen LogP contribution in [0.3, 0.4) is 0 Å². The monoisotopic (exact) mass is 319 g/mol. The lowest BCUT2D eigenvalue weighted by Crippen LogP contribution is -2.40. The van der Waals surface area contributed by atoms with Gasteiger partial charge in [0.1, 0.15) is 6.04 Å². The number of amides is 2. The van der Waals surface area contributed by atoms with Crippen LogP contribution >= 0.6 is 0 Å². The molecule has 2 aliphatic rings. The van der Waals surface area contributed by atoms with E-state index in [0.29, 0.717) is 35.7 Å². The van der Waals surface area contributed by atoms with E-state index in [4.69, 9.17) is 9.47 Å². The van der Waals surface area contributed by atoms with Crippen LogP contribution in [0.15, 0.2) is 12.1 Å². The Hall–Kier alpha value is -2.28. The summed E-state index contributed by atoms with van der Waals surface area (Å²) in [7, 11) is 6.96. The number of carbonyl (C=O) groups excluding carboxylic acids is 2. The molecule has 7 nitrogen and oxygen atoms in total. The standard InChI is InChI=1S/C16H21N3O4/c1-18(2)9-5-12-15(20)17-11-7-14(23-4)13(22-3)6-10(11)16(21)19(12)8-9/h6-7,9,12H,5,8H2,1-4H3,(H,17,20)/t9-,12+/m1/s1. The molecule has 2 atom stereocenters. The number of carbonyl (C=O) groups is 2. The molecule has 0 unspecified atom stereocenters. The molecule has 0 aromatic heterocycles. The highest BCUT2D eigenvalue weighted by Crippen LogP contribution is 2.37. The number of anilines is 1. The van der Waals surface area contributed by atoms with E-state index in [1.165, 1.54) is 14.2 Å². The van der Waals surface area contributed by atoms with Crippen molar-refractivity contribution in [2.75, 3.05) is 40.2 Å². The SMILES string of the molecule is COc1cc2c(cc1OC)C(=O)N1C[C@H](N(C)C)C[C@H]1C(=O)N2. The van der Waals surface area contributed by atoms with Crippen LogP contribution in [0.2, 0.25) is 0 Å². The van der Waals surface area contributed by atoms with Crippen LogP contribution in [0.4, 0.5) is 5.69 Å². The Morgan fingerprint density at radius 1 is 1.17 bits per heavy atom. The molecule has 2 heterocycles. The molecule has 2 amide bonds. The molecule has 1 aromatic rings. The fourth-order valence-electron chi connectivity index (χ4n) is 3.19. The molecular formula is C16H21N3O4. The van der Waals surface area contributed by atoms with Gasteiger partial charge in [-0.15, -0.1) is 0 Å². The van der Waals surface area contributed by atoms with Gasteiger partial charge in [0.05, 0.1) is 25.5 Å². The first-order valence-corrected chi connectivity index (χ1v) is 7.50. The molecule has 3 rings (SSSR count). The van der Waals surface area contributed by atoms with Crippen molar-refractivity contribution in [1.29, 1.82) is 0 Å². The smallest absolute Gasteiger partial charge is 0.256 e. The van der Waals surface area contributed by atoms with Crippen LogP contribution in [0.5, 0.6) is 11.5 Å². The quantitative estimate of drug-likeness (QED) is 0.892. The highest BCUT2D eigenvalue weighted by Gasteiger charge is 2.43. The van der Waals surface area contributed by atoms with Gasteiger partial charge in [0.25, 0.3) is 5.91 Å². The van der Waals surface area contributed by atoms with E-state index in [1.54, 1.807) is 17.0 Å². The average Bonchev–Trinajstić information content (AvgIpc) is 2.96. The maximum atomic E-state index is 12.9. The Labute approximate surface area is 135 Å². The van der Waals surface area contributed by atoms with E-state index in [-0.39, 0.29) is 17.9 Å². The maximum absolute atomic E-state index is 12.9. The topological polar surface area (TPSA) is 71.1 Å². The molecule has 124 valence electrons. The Bertz CT molecular complexity index is 659. The molecule has 0 bridgehead atoms. The lowest BCUT2D eigenvalue weighted by Gasteiger charge is -2.21. The van der Waals surface area contributed by atoms with Crippen molar-refractivity contribution in [1.82, 2.24) is 9.80 Å². The normalized spacial score (nSPS) is 23.3. The summed E-state index contributed by atoms with van der Waals surface area (Å²) in [6, 6.07) is 2.99. The molecular weight excluding hydrogens is 298 g/mol. The zero-order chi connectivity index (χ0) is 16.7. The summed E-state index contributed by atoms with van der Waals surface area (Å²) in [6.45, 7) is 0.539. The van der Waals surface area contributed by atoms with E-state index in [1.807, 2.05) is 19.0 Å². The van der Waals surface area contributed by atoms with Gasteiger partial charge in [-0.25, -0.2) is 0 Å². The number of nitrogens with one attached hydrogen (secondary N) is 1. The number of fused-ring (bicyclic) bond motifs is 2. The first-order valence-electron chi connectivity index (χ1n) is 7.50. The van der Waals surface area contributed by atoms with E-state index in [0.717, 1.165) is 0 Å². The molecule has 23 heavy (non-hydrogen) atoms. The van der Waals surface area contributed by atoms with Crippen molar-refractivity contribution in [2.24, 2.45) is 0 Å². The van der Waals surface area contributed by atoms with Gasteiger partial charge in [-0.1, -0.05) is 0 Å². The van der Waals surface area contributed by atoms with Crippen LogP contribution in [0.25, 0.3) is 0 Å². The number of benzene rings is 1. The largest absolute Gasteiger partial charge is 0.493 e. The molecule has 1 N–H and O–H groups in total. The second kappa shape index (κ2) is 5.73. The minimum absolute atomic E-state index is 0.159. The molecule has 2 aliphatic heterocycles. The summed E-state index contributed by atoms with van der Waals surface area (Å²) in [5.41, 5.74) is 0.895. The van der Waals surface area contributed by atoms with Gasteiger partial charge in [-0.3, -0.25) is 9.59 Å². The van der Waals surface area contributed by atoms with Crippen LogP contribution < -0.4 is 14.8 Å². The number of nitrogens with zero attached hydrogens (tertiary/aromatic N) is 2. The number of ether oxygens (including phenoxy) is 2. The van der Waals surface area contributed by atoms with Crippen LogP contribution in [0.1, 0.15) is 16.8 Å². The van der Waals surface area contributed by atoms with Gasteiger partial charge >= 0.3 is 0 Å². The third-order valence-electron chi connectivity index (χ3n) is 4.58. The Morgan fingerprint density at radius 2 is 1.83 bits per heavy atom. The van der Waals surface area contributed by atoms with Gasteiger partial charge in [-0.05, 0) is 26.6 Å². The highest BCUT2D eigenvalue weighted by molar-refractivity contribution is 6.10. The van der Waals surface area contributed by atoms with Gasteiger partial charge in [0.15, 0.2) is 11.5 Å².